The van der Waals surface area contributed by atoms with Crippen LogP contribution in [0.2, 0.25) is 0 Å². The van der Waals surface area contributed by atoms with Gasteiger partial charge in [0.05, 0.1) is 24.6 Å². The molecule has 2 unspecified atom stereocenters. The van der Waals surface area contributed by atoms with Crippen molar-refractivity contribution in [2.45, 2.75) is 58.5 Å². The van der Waals surface area contributed by atoms with Crippen LogP contribution in [0.3, 0.4) is 0 Å². The first kappa shape index (κ1) is 28.4. The van der Waals surface area contributed by atoms with Gasteiger partial charge in [0, 0.05) is 51.1 Å². The molecular formula is C26H39FN4O4S. The van der Waals surface area contributed by atoms with Crippen molar-refractivity contribution in [3.05, 3.63) is 46.6 Å². The molecule has 0 saturated carbocycles. The van der Waals surface area contributed by atoms with Crippen molar-refractivity contribution in [3.8, 4) is 11.4 Å². The minimum Gasteiger partial charge on any atom is -0.480 e. The molecule has 1 saturated heterocycles. The normalized spacial score (nSPS) is 16.4. The Balaban J connectivity index is 1.95. The number of anilines is 1. The van der Waals surface area contributed by atoms with Crippen molar-refractivity contribution in [1.82, 2.24) is 14.1 Å². The van der Waals surface area contributed by atoms with Crippen molar-refractivity contribution in [2.24, 2.45) is 0 Å². The highest BCUT2D eigenvalue weighted by Crippen LogP contribution is 2.29. The van der Waals surface area contributed by atoms with Crippen molar-refractivity contribution >= 4 is 17.6 Å². The lowest BCUT2D eigenvalue weighted by Gasteiger charge is -2.36. The molecule has 1 aliphatic heterocycles. The third-order valence-electron chi connectivity index (χ3n) is 5.75. The molecule has 2 atom stereocenters. The molecule has 1 aromatic heterocycles. The number of benzene rings is 1. The van der Waals surface area contributed by atoms with E-state index in [1.54, 1.807) is 18.3 Å². The maximum atomic E-state index is 13.9. The van der Waals surface area contributed by atoms with Gasteiger partial charge in [-0.2, -0.15) is 9.78 Å². The van der Waals surface area contributed by atoms with Crippen LogP contribution in [0.4, 0.5) is 10.1 Å². The molecule has 3 rings (SSSR count). The van der Waals surface area contributed by atoms with Crippen LogP contribution in [0.1, 0.15) is 41.0 Å². The van der Waals surface area contributed by atoms with Gasteiger partial charge in [-0.25, -0.2) is 8.70 Å². The number of hydrogen-bond acceptors (Lipinski definition) is 8. The van der Waals surface area contributed by atoms with Crippen LogP contribution in [-0.2, 0) is 9.47 Å². The predicted molar refractivity (Wildman–Crippen MR) is 143 cm³/mol. The third-order valence-corrected chi connectivity index (χ3v) is 6.83. The van der Waals surface area contributed by atoms with Crippen LogP contribution in [0.5, 0.6) is 5.75 Å². The Morgan fingerprint density at radius 3 is 2.50 bits per heavy atom. The summed E-state index contributed by atoms with van der Waals surface area (Å²) in [6, 6.07) is 5.83. The summed E-state index contributed by atoms with van der Waals surface area (Å²) in [5.74, 6) is -0.237. The minimum atomic E-state index is -0.439. The van der Waals surface area contributed by atoms with E-state index in [-0.39, 0.29) is 18.0 Å². The zero-order valence-electron chi connectivity index (χ0n) is 22.0. The number of halogens is 1. The molecule has 8 nitrogen and oxygen atoms in total. The van der Waals surface area contributed by atoms with Crippen molar-refractivity contribution < 1.29 is 18.6 Å². The van der Waals surface area contributed by atoms with E-state index < -0.39 is 11.4 Å². The molecule has 0 spiro atoms. The van der Waals surface area contributed by atoms with Gasteiger partial charge in [0.1, 0.15) is 17.6 Å². The van der Waals surface area contributed by atoms with Gasteiger partial charge in [0.15, 0.2) is 0 Å². The zero-order chi connectivity index (χ0) is 26.1. The monoisotopic (exact) mass is 522 g/mol. The first-order valence-electron chi connectivity index (χ1n) is 12.7. The topological polar surface area (TPSA) is 69.1 Å². The van der Waals surface area contributed by atoms with E-state index >= 15 is 0 Å². The van der Waals surface area contributed by atoms with E-state index in [2.05, 4.69) is 28.2 Å². The molecule has 10 heteroatoms. The number of aromatic nitrogens is 2. The molecule has 36 heavy (non-hydrogen) atoms. The Labute approximate surface area is 217 Å². The van der Waals surface area contributed by atoms with E-state index in [1.807, 2.05) is 32.7 Å². The molecule has 0 amide bonds. The zero-order valence-corrected chi connectivity index (χ0v) is 22.8. The van der Waals surface area contributed by atoms with Crippen LogP contribution < -0.4 is 15.2 Å². The van der Waals surface area contributed by atoms with Gasteiger partial charge in [0.2, 0.25) is 5.75 Å². The summed E-state index contributed by atoms with van der Waals surface area (Å²) in [6.07, 6.45) is 1.76. The molecule has 2 heterocycles. The number of ether oxygens (including phenoxy) is 3. The van der Waals surface area contributed by atoms with Crippen LogP contribution >= 0.6 is 11.9 Å². The SMILES string of the molecule is CCOCC(CC(C)OCC)Oc1c(N2CCN(SC(C)C)CC2)cnn(-c2cccc(F)c2)c1=O. The predicted octanol–water partition coefficient (Wildman–Crippen LogP) is 4.15. The fourth-order valence-corrected chi connectivity index (χ4v) is 5.15. The van der Waals surface area contributed by atoms with Gasteiger partial charge in [-0.1, -0.05) is 31.9 Å². The Morgan fingerprint density at radius 1 is 1.11 bits per heavy atom. The smallest absolute Gasteiger partial charge is 0.316 e. The van der Waals surface area contributed by atoms with Gasteiger partial charge in [-0.3, -0.25) is 4.79 Å². The molecule has 0 radical (unpaired) electrons. The molecule has 1 aromatic carbocycles. The molecule has 0 bridgehead atoms. The average molecular weight is 523 g/mol. The highest BCUT2D eigenvalue weighted by molar-refractivity contribution is 7.97. The summed E-state index contributed by atoms with van der Waals surface area (Å²) in [4.78, 5) is 15.9. The highest BCUT2D eigenvalue weighted by atomic mass is 32.2. The standard InChI is InChI=1S/C26H39FN4O4S/c1-6-33-18-23(15-20(5)34-7-2)35-25-24(29-11-13-30(14-12-29)36-19(3)4)17-28-31(26(25)32)22-10-8-9-21(27)16-22/h8-10,16-17,19-20,23H,6-7,11-15,18H2,1-5H3. The Morgan fingerprint density at radius 2 is 1.86 bits per heavy atom. The van der Waals surface area contributed by atoms with E-state index in [4.69, 9.17) is 14.2 Å². The lowest BCUT2D eigenvalue weighted by Crippen LogP contribution is -2.45. The van der Waals surface area contributed by atoms with Crippen molar-refractivity contribution in [1.29, 1.82) is 0 Å². The summed E-state index contributed by atoms with van der Waals surface area (Å²) >= 11 is 1.84. The third kappa shape index (κ3) is 7.93. The van der Waals surface area contributed by atoms with E-state index in [0.29, 0.717) is 42.9 Å². The summed E-state index contributed by atoms with van der Waals surface area (Å²) in [5, 5.41) is 4.91. The van der Waals surface area contributed by atoms with E-state index in [1.165, 1.54) is 16.8 Å². The fourth-order valence-electron chi connectivity index (χ4n) is 4.18. The molecule has 0 N–H and O–H groups in total. The van der Waals surface area contributed by atoms with Gasteiger partial charge >= 0.3 is 5.56 Å². The minimum absolute atomic E-state index is 0.0622. The van der Waals surface area contributed by atoms with Gasteiger partial charge in [0.25, 0.3) is 0 Å². The summed E-state index contributed by atoms with van der Waals surface area (Å²) in [7, 11) is 0. The second-order valence-corrected chi connectivity index (χ2v) is 10.7. The van der Waals surface area contributed by atoms with Gasteiger partial charge < -0.3 is 19.1 Å². The number of nitrogens with zero attached hydrogens (tertiary/aromatic N) is 4. The molecule has 2 aromatic rings. The Kier molecular flexibility index (Phi) is 11.0. The van der Waals surface area contributed by atoms with Crippen molar-refractivity contribution in [2.75, 3.05) is 50.9 Å². The van der Waals surface area contributed by atoms with Crippen LogP contribution in [-0.4, -0.2) is 77.5 Å². The maximum absolute atomic E-state index is 13.9. The van der Waals surface area contributed by atoms with Crippen molar-refractivity contribution in [3.63, 3.8) is 0 Å². The molecule has 0 aliphatic carbocycles. The van der Waals surface area contributed by atoms with Gasteiger partial charge in [-0.05, 0) is 39.0 Å². The quantitative estimate of drug-likeness (QED) is 0.364. The Hall–Kier alpha value is -2.14. The van der Waals surface area contributed by atoms with Gasteiger partial charge in [-0.15, -0.1) is 0 Å². The van der Waals surface area contributed by atoms with Crippen LogP contribution in [0.15, 0.2) is 35.3 Å². The number of rotatable bonds is 13. The second-order valence-electron chi connectivity index (χ2n) is 9.03. The second kappa shape index (κ2) is 14.0. The van der Waals surface area contributed by atoms with E-state index in [9.17, 15) is 9.18 Å². The molecule has 200 valence electrons. The first-order chi connectivity index (χ1) is 17.3. The largest absolute Gasteiger partial charge is 0.480 e. The molecular weight excluding hydrogens is 483 g/mol. The molecule has 1 fully saturated rings. The maximum Gasteiger partial charge on any atom is 0.316 e. The number of piperazine rings is 1. The average Bonchev–Trinajstić information content (AvgIpc) is 2.84. The summed E-state index contributed by atoms with van der Waals surface area (Å²) in [5.41, 5.74) is 0.564. The van der Waals surface area contributed by atoms with Crippen LogP contribution in [0, 0.1) is 5.82 Å². The summed E-state index contributed by atoms with van der Waals surface area (Å²) < 4.78 is 35.3. The lowest BCUT2D eigenvalue weighted by atomic mass is 10.2. The van der Waals surface area contributed by atoms with E-state index in [0.717, 1.165) is 26.2 Å². The Bertz CT molecular complexity index is 1010. The number of hydrogen-bond donors (Lipinski definition) is 0. The highest BCUT2D eigenvalue weighted by Gasteiger charge is 2.27. The summed E-state index contributed by atoms with van der Waals surface area (Å²) in [6.45, 7) is 14.9. The lowest BCUT2D eigenvalue weighted by molar-refractivity contribution is 0.00240. The fraction of sp³-hybridized carbons (Fsp3) is 0.615. The molecule has 1 aliphatic rings. The first-order valence-corrected chi connectivity index (χ1v) is 13.6. The van der Waals surface area contributed by atoms with Crippen LogP contribution in [0.25, 0.3) is 5.69 Å².